The Bertz CT molecular complexity index is 1840. The maximum Gasteiger partial charge on any atom is 0.416 e. The van der Waals surface area contributed by atoms with Gasteiger partial charge in [-0.2, -0.15) is 13.2 Å². The van der Waals surface area contributed by atoms with Crippen molar-refractivity contribution in [3.05, 3.63) is 118 Å². The van der Waals surface area contributed by atoms with Gasteiger partial charge in [0.2, 0.25) is 5.91 Å². The average molecular weight is 726 g/mol. The highest BCUT2D eigenvalue weighted by molar-refractivity contribution is 6.00. The molecule has 3 N–H and O–H groups in total. The lowest BCUT2D eigenvalue weighted by atomic mass is 9.95. The van der Waals surface area contributed by atoms with Gasteiger partial charge >= 0.3 is 12.1 Å². The van der Waals surface area contributed by atoms with Gasteiger partial charge in [-0.25, -0.2) is 4.39 Å². The largest absolute Gasteiger partial charge is 0.493 e. The fourth-order valence-corrected chi connectivity index (χ4v) is 4.93. The van der Waals surface area contributed by atoms with Crippen molar-refractivity contribution in [3.63, 3.8) is 0 Å². The quantitative estimate of drug-likeness (QED) is 0.129. The number of Topliss-reactive ketones (excluding diaryl/α,β-unsaturated/α-hetero) is 1. The number of carbonyl (C=O) groups excluding carboxylic acids is 4. The van der Waals surface area contributed by atoms with Crippen LogP contribution in [0.4, 0.5) is 23.2 Å². The molecule has 4 rings (SSSR count). The van der Waals surface area contributed by atoms with Gasteiger partial charge in [0.1, 0.15) is 18.1 Å². The summed E-state index contributed by atoms with van der Waals surface area (Å²) in [5.41, 5.74) is 0.0703. The second-order valence-electron chi connectivity index (χ2n) is 11.8. The van der Waals surface area contributed by atoms with Crippen LogP contribution >= 0.6 is 0 Å². The molecule has 0 heterocycles. The van der Waals surface area contributed by atoms with E-state index >= 15 is 0 Å². The van der Waals surface area contributed by atoms with Crippen molar-refractivity contribution in [1.29, 1.82) is 0 Å². The monoisotopic (exact) mass is 725 g/mol. The van der Waals surface area contributed by atoms with Gasteiger partial charge in [-0.15, -0.1) is 0 Å². The van der Waals surface area contributed by atoms with Crippen LogP contribution in [0.5, 0.6) is 0 Å². The van der Waals surface area contributed by atoms with Crippen LogP contribution in [0.3, 0.4) is 0 Å². The second kappa shape index (κ2) is 19.1. The highest BCUT2D eigenvalue weighted by Crippen LogP contribution is 2.33. The zero-order valence-electron chi connectivity index (χ0n) is 28.8. The number of carboxylic acids is 1. The van der Waals surface area contributed by atoms with E-state index in [2.05, 4.69) is 10.6 Å². The molecule has 0 radical (unpaired) electrons. The third kappa shape index (κ3) is 12.9. The van der Waals surface area contributed by atoms with E-state index in [0.29, 0.717) is 42.0 Å². The van der Waals surface area contributed by atoms with Crippen LogP contribution in [-0.4, -0.2) is 73.1 Å². The number of anilines is 1. The van der Waals surface area contributed by atoms with Gasteiger partial charge in [-0.05, 0) is 81.5 Å². The molecule has 0 saturated heterocycles. The number of benzene rings is 3. The number of alkyl halides is 3. The van der Waals surface area contributed by atoms with Crippen LogP contribution in [0.1, 0.15) is 63.6 Å². The lowest BCUT2D eigenvalue weighted by Gasteiger charge is -2.17. The Morgan fingerprint density at radius 2 is 1.67 bits per heavy atom. The van der Waals surface area contributed by atoms with Crippen LogP contribution in [0.25, 0.3) is 5.57 Å². The summed E-state index contributed by atoms with van der Waals surface area (Å²) in [5.74, 6) is -3.15. The molecule has 0 unspecified atom stereocenters. The Balaban J connectivity index is 0.000000471. The van der Waals surface area contributed by atoms with Crippen LogP contribution < -0.4 is 10.6 Å². The molecule has 0 atom stereocenters. The van der Waals surface area contributed by atoms with E-state index in [0.717, 1.165) is 12.1 Å². The first kappa shape index (κ1) is 40.8. The predicted molar refractivity (Wildman–Crippen MR) is 186 cm³/mol. The Morgan fingerprint density at radius 3 is 2.29 bits per heavy atom. The summed E-state index contributed by atoms with van der Waals surface area (Å²) < 4.78 is 60.9. The van der Waals surface area contributed by atoms with Crippen molar-refractivity contribution in [2.24, 2.45) is 0 Å². The van der Waals surface area contributed by atoms with E-state index in [1.807, 2.05) is 19.0 Å². The molecule has 0 bridgehead atoms. The number of carboxylic acid groups (broad SMARTS) is 1. The van der Waals surface area contributed by atoms with Crippen LogP contribution in [0.2, 0.25) is 0 Å². The molecule has 52 heavy (non-hydrogen) atoms. The molecular formula is C38H39F4N3O7. The van der Waals surface area contributed by atoms with Gasteiger partial charge in [-0.1, -0.05) is 36.4 Å². The molecule has 0 fully saturated rings. The second-order valence-corrected chi connectivity index (χ2v) is 11.8. The Kier molecular flexibility index (Phi) is 15.0. The molecule has 2 amide bonds. The number of halogens is 4. The summed E-state index contributed by atoms with van der Waals surface area (Å²) in [6, 6.07) is 15.4. The number of ketones is 2. The number of allylic oxidation sites excluding steroid dienone is 3. The maximum absolute atomic E-state index is 14.9. The molecule has 0 saturated carbocycles. The van der Waals surface area contributed by atoms with Gasteiger partial charge in [0.05, 0.1) is 18.6 Å². The number of hydrogen-bond donors (Lipinski definition) is 3. The maximum atomic E-state index is 14.9. The highest BCUT2D eigenvalue weighted by Gasteiger charge is 2.32. The smallest absolute Gasteiger partial charge is 0.416 e. The Hall–Kier alpha value is -5.63. The number of rotatable bonds is 14. The molecule has 0 aliphatic heterocycles. The summed E-state index contributed by atoms with van der Waals surface area (Å²) in [7, 11) is 3.65. The highest BCUT2D eigenvalue weighted by atomic mass is 19.4. The lowest BCUT2D eigenvalue weighted by Crippen LogP contribution is -2.29. The molecule has 14 heteroatoms. The first-order valence-corrected chi connectivity index (χ1v) is 16.2. The van der Waals surface area contributed by atoms with E-state index in [1.165, 1.54) is 24.3 Å². The fourth-order valence-electron chi connectivity index (χ4n) is 4.93. The van der Waals surface area contributed by atoms with Gasteiger partial charge in [0, 0.05) is 41.3 Å². The lowest BCUT2D eigenvalue weighted by molar-refractivity contribution is -0.138. The molecule has 276 valence electrons. The van der Waals surface area contributed by atoms with E-state index in [-0.39, 0.29) is 47.9 Å². The number of nitrogens with zero attached hydrogens (tertiary/aromatic N) is 1. The third-order valence-corrected chi connectivity index (χ3v) is 7.39. The minimum absolute atomic E-state index is 0.0256. The van der Waals surface area contributed by atoms with E-state index in [9.17, 15) is 41.5 Å². The number of aliphatic carboxylic acids is 1. The SMILES string of the molecule is CCOC1=CC(=O)CC=C1c1ccc(CC(=O)Nc2cc(C(=O)CCCN(C)C)cc(C(F)(F)F)c2)c(F)c1.O=C(O)CNC(=O)c1ccccc1. The van der Waals surface area contributed by atoms with Crippen molar-refractivity contribution in [3.8, 4) is 0 Å². The molecular weight excluding hydrogens is 686 g/mol. The van der Waals surface area contributed by atoms with Gasteiger partial charge in [0.15, 0.2) is 11.6 Å². The minimum atomic E-state index is -4.73. The number of hydrogen-bond acceptors (Lipinski definition) is 7. The minimum Gasteiger partial charge on any atom is -0.493 e. The summed E-state index contributed by atoms with van der Waals surface area (Å²) in [6.07, 6.45) is -1.51. The van der Waals surface area contributed by atoms with Gasteiger partial charge in [-0.3, -0.25) is 24.0 Å². The molecule has 0 aromatic heterocycles. The Labute approximate surface area is 298 Å². The summed E-state index contributed by atoms with van der Waals surface area (Å²) in [5, 5.41) is 12.9. The van der Waals surface area contributed by atoms with Crippen LogP contribution in [0.15, 0.2) is 84.6 Å². The van der Waals surface area contributed by atoms with E-state index in [1.54, 1.807) is 49.4 Å². The molecule has 1 aliphatic carbocycles. The molecule has 10 nitrogen and oxygen atoms in total. The summed E-state index contributed by atoms with van der Waals surface area (Å²) >= 11 is 0. The summed E-state index contributed by atoms with van der Waals surface area (Å²) in [6.45, 7) is 2.31. The van der Waals surface area contributed by atoms with Crippen molar-refractivity contribution in [2.75, 3.05) is 39.1 Å². The third-order valence-electron chi connectivity index (χ3n) is 7.39. The zero-order valence-corrected chi connectivity index (χ0v) is 28.8. The Morgan fingerprint density at radius 1 is 0.962 bits per heavy atom. The number of carbonyl (C=O) groups is 5. The number of ether oxygens (including phenoxy) is 1. The molecule has 0 spiro atoms. The van der Waals surface area contributed by atoms with Crippen molar-refractivity contribution in [1.82, 2.24) is 10.2 Å². The topological polar surface area (TPSA) is 142 Å². The van der Waals surface area contributed by atoms with Crippen molar-refractivity contribution in [2.45, 2.75) is 38.8 Å². The predicted octanol–water partition coefficient (Wildman–Crippen LogP) is 6.33. The molecule has 3 aromatic carbocycles. The summed E-state index contributed by atoms with van der Waals surface area (Å²) in [4.78, 5) is 60.1. The molecule has 3 aromatic rings. The van der Waals surface area contributed by atoms with E-state index < -0.39 is 41.6 Å². The van der Waals surface area contributed by atoms with Crippen LogP contribution in [0, 0.1) is 5.82 Å². The first-order valence-electron chi connectivity index (χ1n) is 16.2. The van der Waals surface area contributed by atoms with Gasteiger partial charge < -0.3 is 25.4 Å². The zero-order chi connectivity index (χ0) is 38.4. The first-order chi connectivity index (χ1) is 24.6. The van der Waals surface area contributed by atoms with Crippen LogP contribution in [-0.2, 0) is 31.7 Å². The normalized spacial score (nSPS) is 12.6. The average Bonchev–Trinajstić information content (AvgIpc) is 3.08. The van der Waals surface area contributed by atoms with Crippen molar-refractivity contribution >= 4 is 40.6 Å². The van der Waals surface area contributed by atoms with Crippen molar-refractivity contribution < 1.29 is 51.4 Å². The van der Waals surface area contributed by atoms with Gasteiger partial charge in [0.25, 0.3) is 5.91 Å². The number of nitrogens with one attached hydrogen (secondary N) is 2. The molecule has 1 aliphatic rings. The number of amides is 2. The van der Waals surface area contributed by atoms with E-state index in [4.69, 9.17) is 9.84 Å². The fraction of sp³-hybridized carbons (Fsp3) is 0.289. The standard InChI is InChI=1S/C29H30F4N2O4.C9H9NO3/c1-4-39-27-17-23(36)9-10-24(27)18-7-8-19(25(30)14-18)15-28(38)34-22-13-20(12-21(16-22)29(31,32)33)26(37)6-5-11-35(2)3;11-8(12)6-10-9(13)7-4-2-1-3-5-7/h7-8,10,12-14,16-17H,4-6,9,11,15H2,1-3H3,(H,34,38);1-5H,6H2,(H,10,13)(H,11,12).